The highest BCUT2D eigenvalue weighted by molar-refractivity contribution is 6.16. The number of rotatable bonds is 7. The molecule has 12 aromatic rings. The zero-order valence-corrected chi connectivity index (χ0v) is 33.6. The van der Waals surface area contributed by atoms with Gasteiger partial charge in [-0.3, -0.25) is 0 Å². The molecule has 0 bridgehead atoms. The Balaban J connectivity index is 1.10. The number of para-hydroxylation sites is 3. The van der Waals surface area contributed by atoms with Crippen LogP contribution in [0.3, 0.4) is 0 Å². The van der Waals surface area contributed by atoms with Crippen LogP contribution < -0.4 is 0 Å². The summed E-state index contributed by atoms with van der Waals surface area (Å²) >= 11 is 0. The Bertz CT molecular complexity index is 3550. The third-order valence-electron chi connectivity index (χ3n) is 12.0. The number of fused-ring (bicyclic) bond motifs is 6. The fourth-order valence-electron chi connectivity index (χ4n) is 9.16. The lowest BCUT2D eigenvalue weighted by Crippen LogP contribution is -2.02. The SMILES string of the molecule is c1ccc(-c2ccc(-c3nc(-c4ccccc4)nc(-c4cc(-n5c6ccccc6c6c(-n7c8ccccc8c8ccccc87)cccc65)ccc4-c4ccccc4)n3)cc2)cc1. The molecule has 0 amide bonds. The normalized spacial score (nSPS) is 11.5. The van der Waals surface area contributed by atoms with Crippen molar-refractivity contribution >= 4 is 43.6 Å². The summed E-state index contributed by atoms with van der Waals surface area (Å²) in [6, 6.07) is 79.2. The maximum Gasteiger partial charge on any atom is 0.164 e. The van der Waals surface area contributed by atoms with Crippen LogP contribution in [0.25, 0.3) is 111 Å². The van der Waals surface area contributed by atoms with Gasteiger partial charge >= 0.3 is 0 Å². The first-order chi connectivity index (χ1) is 30.8. The number of hydrogen-bond acceptors (Lipinski definition) is 3. The van der Waals surface area contributed by atoms with E-state index in [9.17, 15) is 0 Å². The second kappa shape index (κ2) is 14.7. The predicted molar refractivity (Wildman–Crippen MR) is 256 cm³/mol. The maximum atomic E-state index is 5.31. The van der Waals surface area contributed by atoms with Crippen molar-refractivity contribution in [3.05, 3.63) is 224 Å². The highest BCUT2D eigenvalue weighted by Gasteiger charge is 2.22. The molecule has 0 radical (unpaired) electrons. The molecule has 12 rings (SSSR count). The molecule has 0 saturated heterocycles. The molecular weight excluding hydrogens is 755 g/mol. The molecule has 290 valence electrons. The maximum absolute atomic E-state index is 5.31. The highest BCUT2D eigenvalue weighted by atomic mass is 15.0. The molecule has 0 unspecified atom stereocenters. The molecule has 0 aliphatic carbocycles. The minimum atomic E-state index is 0.605. The Morgan fingerprint density at radius 1 is 0.274 bits per heavy atom. The fraction of sp³-hybridized carbons (Fsp3) is 0. The van der Waals surface area contributed by atoms with Gasteiger partial charge in [0.15, 0.2) is 17.5 Å². The standard InChI is InChI=1S/C57H37N5/c1-4-17-38(18-5-1)39-31-33-42(34-32-39)56-58-55(41-21-8-3-9-22-41)59-57(60-56)48-37-43(35-36-44(48)40-19-6-2-7-20-40)61-51-28-15-12-25-47(51)54-52(61)29-16-30-53(54)62-49-26-13-10-23-45(49)46-24-11-14-27-50(46)62/h1-37H. The van der Waals surface area contributed by atoms with Crippen molar-refractivity contribution in [1.82, 2.24) is 24.1 Å². The van der Waals surface area contributed by atoms with Gasteiger partial charge in [0.05, 0.1) is 27.8 Å². The number of hydrogen-bond donors (Lipinski definition) is 0. The second-order valence-corrected chi connectivity index (χ2v) is 15.6. The monoisotopic (exact) mass is 791 g/mol. The van der Waals surface area contributed by atoms with Gasteiger partial charge in [-0.1, -0.05) is 182 Å². The summed E-state index contributed by atoms with van der Waals surface area (Å²) < 4.78 is 4.82. The van der Waals surface area contributed by atoms with Crippen LogP contribution in [0.4, 0.5) is 0 Å². The van der Waals surface area contributed by atoms with Crippen LogP contribution >= 0.6 is 0 Å². The Morgan fingerprint density at radius 2 is 0.726 bits per heavy atom. The van der Waals surface area contributed by atoms with Crippen molar-refractivity contribution in [2.24, 2.45) is 0 Å². The van der Waals surface area contributed by atoms with Gasteiger partial charge in [-0.25, -0.2) is 15.0 Å². The number of nitrogens with zero attached hydrogens (tertiary/aromatic N) is 5. The van der Waals surface area contributed by atoms with Gasteiger partial charge in [-0.15, -0.1) is 0 Å². The molecule has 0 aliphatic rings. The highest BCUT2D eigenvalue weighted by Crippen LogP contribution is 2.41. The van der Waals surface area contributed by atoms with E-state index in [0.29, 0.717) is 17.5 Å². The van der Waals surface area contributed by atoms with E-state index in [4.69, 9.17) is 15.0 Å². The molecule has 0 atom stereocenters. The van der Waals surface area contributed by atoms with Crippen molar-refractivity contribution in [2.45, 2.75) is 0 Å². The van der Waals surface area contributed by atoms with Crippen molar-refractivity contribution in [1.29, 1.82) is 0 Å². The largest absolute Gasteiger partial charge is 0.309 e. The third-order valence-corrected chi connectivity index (χ3v) is 12.0. The predicted octanol–water partition coefficient (Wildman–Crippen LogP) is 14.4. The zero-order chi connectivity index (χ0) is 41.0. The van der Waals surface area contributed by atoms with E-state index in [-0.39, 0.29) is 0 Å². The van der Waals surface area contributed by atoms with Gasteiger partial charge < -0.3 is 9.13 Å². The topological polar surface area (TPSA) is 48.5 Å². The molecule has 9 aromatic carbocycles. The Kier molecular flexibility index (Phi) is 8.42. The van der Waals surface area contributed by atoms with Gasteiger partial charge in [-0.2, -0.15) is 0 Å². The van der Waals surface area contributed by atoms with Crippen LogP contribution in [-0.2, 0) is 0 Å². The average Bonchev–Trinajstić information content (AvgIpc) is 3.88. The Hall–Kier alpha value is -8.41. The summed E-state index contributed by atoms with van der Waals surface area (Å²) in [6.07, 6.45) is 0. The molecule has 0 aliphatic heterocycles. The Labute approximate surface area is 358 Å². The first-order valence-corrected chi connectivity index (χ1v) is 21.0. The summed E-state index contributed by atoms with van der Waals surface area (Å²) in [5.41, 5.74) is 13.9. The summed E-state index contributed by atoms with van der Waals surface area (Å²) in [7, 11) is 0. The van der Waals surface area contributed by atoms with Crippen LogP contribution in [0.2, 0.25) is 0 Å². The van der Waals surface area contributed by atoms with Crippen LogP contribution in [0, 0.1) is 0 Å². The van der Waals surface area contributed by atoms with Gasteiger partial charge in [0.1, 0.15) is 0 Å². The fourth-order valence-corrected chi connectivity index (χ4v) is 9.16. The van der Waals surface area contributed by atoms with E-state index in [0.717, 1.165) is 61.4 Å². The molecule has 5 nitrogen and oxygen atoms in total. The van der Waals surface area contributed by atoms with E-state index in [1.807, 2.05) is 24.3 Å². The lowest BCUT2D eigenvalue weighted by Gasteiger charge is -2.16. The molecule has 3 aromatic heterocycles. The summed E-state index contributed by atoms with van der Waals surface area (Å²) in [5, 5.41) is 4.85. The van der Waals surface area contributed by atoms with Gasteiger partial charge in [-0.05, 0) is 64.7 Å². The average molecular weight is 792 g/mol. The molecule has 0 fully saturated rings. The van der Waals surface area contributed by atoms with Gasteiger partial charge in [0.25, 0.3) is 0 Å². The van der Waals surface area contributed by atoms with E-state index in [1.165, 1.54) is 32.6 Å². The molecule has 0 spiro atoms. The summed E-state index contributed by atoms with van der Waals surface area (Å²) in [5.74, 6) is 1.84. The van der Waals surface area contributed by atoms with Crippen molar-refractivity contribution in [3.63, 3.8) is 0 Å². The molecule has 0 saturated carbocycles. The smallest absolute Gasteiger partial charge is 0.164 e. The van der Waals surface area contributed by atoms with E-state index >= 15 is 0 Å². The van der Waals surface area contributed by atoms with Gasteiger partial charge in [0, 0.05) is 43.9 Å². The van der Waals surface area contributed by atoms with E-state index < -0.39 is 0 Å². The summed E-state index contributed by atoms with van der Waals surface area (Å²) in [4.78, 5) is 15.7. The van der Waals surface area contributed by atoms with E-state index in [2.05, 4.69) is 209 Å². The van der Waals surface area contributed by atoms with Crippen molar-refractivity contribution < 1.29 is 0 Å². The molecule has 62 heavy (non-hydrogen) atoms. The minimum absolute atomic E-state index is 0.605. The van der Waals surface area contributed by atoms with Crippen molar-refractivity contribution in [2.75, 3.05) is 0 Å². The minimum Gasteiger partial charge on any atom is -0.309 e. The van der Waals surface area contributed by atoms with Crippen LogP contribution in [0.1, 0.15) is 0 Å². The lowest BCUT2D eigenvalue weighted by atomic mass is 9.98. The molecule has 0 N–H and O–H groups in total. The molecular formula is C57H37N5. The van der Waals surface area contributed by atoms with Gasteiger partial charge in [0.2, 0.25) is 0 Å². The summed E-state index contributed by atoms with van der Waals surface area (Å²) in [6.45, 7) is 0. The van der Waals surface area contributed by atoms with Crippen LogP contribution in [0.15, 0.2) is 224 Å². The van der Waals surface area contributed by atoms with E-state index in [1.54, 1.807) is 0 Å². The second-order valence-electron chi connectivity index (χ2n) is 15.6. The first kappa shape index (κ1) is 35.5. The number of benzene rings is 9. The lowest BCUT2D eigenvalue weighted by molar-refractivity contribution is 1.07. The van der Waals surface area contributed by atoms with Crippen LogP contribution in [-0.4, -0.2) is 24.1 Å². The quantitative estimate of drug-likeness (QED) is 0.162. The third kappa shape index (κ3) is 5.90. The van der Waals surface area contributed by atoms with Crippen molar-refractivity contribution in [3.8, 4) is 67.8 Å². The van der Waals surface area contributed by atoms with Crippen LogP contribution in [0.5, 0.6) is 0 Å². The molecule has 5 heteroatoms. The molecule has 3 heterocycles. The Morgan fingerprint density at radius 3 is 1.35 bits per heavy atom. The number of aromatic nitrogens is 5. The first-order valence-electron chi connectivity index (χ1n) is 21.0. The zero-order valence-electron chi connectivity index (χ0n) is 33.6.